The second-order valence-corrected chi connectivity index (χ2v) is 5.00. The molecule has 1 heterocycles. The third-order valence-corrected chi connectivity index (χ3v) is 3.29. The zero-order valence-electron chi connectivity index (χ0n) is 12.8. The van der Waals surface area contributed by atoms with E-state index in [1.165, 1.54) is 0 Å². The zero-order valence-corrected chi connectivity index (χ0v) is 12.8. The lowest BCUT2D eigenvalue weighted by Crippen LogP contribution is -2.20. The summed E-state index contributed by atoms with van der Waals surface area (Å²) in [5.41, 5.74) is 1.87. The Labute approximate surface area is 138 Å². The number of carbonyl (C=O) groups is 2. The SMILES string of the molecule is O=Cc1ccccc1OCC(=O)Nc1cnn(-c2ccccc2)c1. The molecular weight excluding hydrogens is 306 g/mol. The van der Waals surface area contributed by atoms with Crippen LogP contribution in [0.2, 0.25) is 0 Å². The topological polar surface area (TPSA) is 73.2 Å². The third kappa shape index (κ3) is 3.67. The molecule has 1 N–H and O–H groups in total. The van der Waals surface area contributed by atoms with Gasteiger partial charge in [-0.05, 0) is 24.3 Å². The van der Waals surface area contributed by atoms with E-state index < -0.39 is 0 Å². The molecule has 1 amide bonds. The van der Waals surface area contributed by atoms with Gasteiger partial charge in [0.05, 0.1) is 29.3 Å². The van der Waals surface area contributed by atoms with Crippen molar-refractivity contribution in [2.75, 3.05) is 11.9 Å². The van der Waals surface area contributed by atoms with Crippen LogP contribution in [0.15, 0.2) is 67.0 Å². The molecule has 3 rings (SSSR count). The van der Waals surface area contributed by atoms with Crippen molar-refractivity contribution in [1.82, 2.24) is 9.78 Å². The Morgan fingerprint density at radius 1 is 1.12 bits per heavy atom. The molecule has 1 aromatic heterocycles. The smallest absolute Gasteiger partial charge is 0.262 e. The maximum Gasteiger partial charge on any atom is 0.262 e. The van der Waals surface area contributed by atoms with Crippen molar-refractivity contribution >= 4 is 17.9 Å². The highest BCUT2D eigenvalue weighted by Gasteiger charge is 2.08. The van der Waals surface area contributed by atoms with Gasteiger partial charge >= 0.3 is 0 Å². The Morgan fingerprint density at radius 2 is 1.88 bits per heavy atom. The Bertz CT molecular complexity index is 843. The highest BCUT2D eigenvalue weighted by atomic mass is 16.5. The van der Waals surface area contributed by atoms with E-state index >= 15 is 0 Å². The molecule has 0 saturated heterocycles. The molecule has 0 unspecified atom stereocenters. The monoisotopic (exact) mass is 321 g/mol. The van der Waals surface area contributed by atoms with Crippen LogP contribution >= 0.6 is 0 Å². The highest BCUT2D eigenvalue weighted by molar-refractivity contribution is 5.91. The molecule has 0 aliphatic rings. The average Bonchev–Trinajstić information content (AvgIpc) is 3.09. The fourth-order valence-corrected chi connectivity index (χ4v) is 2.16. The van der Waals surface area contributed by atoms with E-state index in [2.05, 4.69) is 10.4 Å². The van der Waals surface area contributed by atoms with Gasteiger partial charge in [0.2, 0.25) is 0 Å². The molecule has 2 aromatic carbocycles. The largest absolute Gasteiger partial charge is 0.483 e. The molecule has 24 heavy (non-hydrogen) atoms. The van der Waals surface area contributed by atoms with Crippen LogP contribution in [0.25, 0.3) is 5.69 Å². The number of amides is 1. The molecule has 6 nitrogen and oxygen atoms in total. The summed E-state index contributed by atoms with van der Waals surface area (Å²) >= 11 is 0. The number of nitrogens with one attached hydrogen (secondary N) is 1. The summed E-state index contributed by atoms with van der Waals surface area (Å²) in [6.07, 6.45) is 3.97. The van der Waals surface area contributed by atoms with Crippen molar-refractivity contribution in [3.05, 3.63) is 72.6 Å². The summed E-state index contributed by atoms with van der Waals surface area (Å²) in [5, 5.41) is 6.90. The van der Waals surface area contributed by atoms with Crippen molar-refractivity contribution in [3.63, 3.8) is 0 Å². The van der Waals surface area contributed by atoms with Gasteiger partial charge in [0.15, 0.2) is 12.9 Å². The van der Waals surface area contributed by atoms with Gasteiger partial charge in [-0.25, -0.2) is 4.68 Å². The van der Waals surface area contributed by atoms with Crippen LogP contribution in [0, 0.1) is 0 Å². The standard InChI is InChI=1S/C18H15N3O3/c22-12-14-6-4-5-9-17(14)24-13-18(23)20-15-10-19-21(11-15)16-7-2-1-3-8-16/h1-12H,13H2,(H,20,23). The highest BCUT2D eigenvalue weighted by Crippen LogP contribution is 2.16. The second-order valence-electron chi connectivity index (χ2n) is 5.00. The van der Waals surface area contributed by atoms with Gasteiger partial charge in [0.25, 0.3) is 5.91 Å². The van der Waals surface area contributed by atoms with E-state index in [0.717, 1.165) is 5.69 Å². The predicted octanol–water partition coefficient (Wildman–Crippen LogP) is 2.70. The second kappa shape index (κ2) is 7.23. The van der Waals surface area contributed by atoms with E-state index in [1.54, 1.807) is 41.3 Å². The van der Waals surface area contributed by atoms with Crippen LogP contribution in [-0.4, -0.2) is 28.6 Å². The fourth-order valence-electron chi connectivity index (χ4n) is 2.16. The number of aromatic nitrogens is 2. The van der Waals surface area contributed by atoms with E-state index in [4.69, 9.17) is 4.74 Å². The molecule has 0 aliphatic carbocycles. The lowest BCUT2D eigenvalue weighted by molar-refractivity contribution is -0.118. The van der Waals surface area contributed by atoms with Gasteiger partial charge in [-0.2, -0.15) is 5.10 Å². The maximum atomic E-state index is 12.0. The molecule has 0 aliphatic heterocycles. The fraction of sp³-hybridized carbons (Fsp3) is 0.0556. The van der Waals surface area contributed by atoms with Gasteiger partial charge in [0.1, 0.15) is 5.75 Å². The Balaban J connectivity index is 1.59. The van der Waals surface area contributed by atoms with E-state index in [9.17, 15) is 9.59 Å². The first-order valence-electron chi connectivity index (χ1n) is 7.33. The molecule has 3 aromatic rings. The van der Waals surface area contributed by atoms with Crippen LogP contribution in [0.1, 0.15) is 10.4 Å². The van der Waals surface area contributed by atoms with E-state index in [-0.39, 0.29) is 12.5 Å². The first-order chi connectivity index (χ1) is 11.8. The number of nitrogens with zero attached hydrogens (tertiary/aromatic N) is 2. The number of benzene rings is 2. The number of carbonyl (C=O) groups excluding carboxylic acids is 2. The summed E-state index contributed by atoms with van der Waals surface area (Å²) in [6, 6.07) is 16.3. The number of hydrogen-bond acceptors (Lipinski definition) is 4. The minimum Gasteiger partial charge on any atom is -0.483 e. The minimum absolute atomic E-state index is 0.193. The molecule has 0 atom stereocenters. The van der Waals surface area contributed by atoms with Gasteiger partial charge in [0, 0.05) is 0 Å². The van der Waals surface area contributed by atoms with Crippen molar-refractivity contribution < 1.29 is 14.3 Å². The Kier molecular flexibility index (Phi) is 4.67. The number of ether oxygens (including phenoxy) is 1. The third-order valence-electron chi connectivity index (χ3n) is 3.29. The Morgan fingerprint density at radius 3 is 2.67 bits per heavy atom. The van der Waals surface area contributed by atoms with Crippen molar-refractivity contribution in [2.24, 2.45) is 0 Å². The van der Waals surface area contributed by atoms with Crippen LogP contribution < -0.4 is 10.1 Å². The lowest BCUT2D eigenvalue weighted by Gasteiger charge is -2.07. The van der Waals surface area contributed by atoms with Crippen molar-refractivity contribution in [1.29, 1.82) is 0 Å². The number of rotatable bonds is 6. The lowest BCUT2D eigenvalue weighted by atomic mass is 10.2. The van der Waals surface area contributed by atoms with Crippen LogP contribution in [0.4, 0.5) is 5.69 Å². The molecule has 0 spiro atoms. The molecule has 6 heteroatoms. The number of hydrogen-bond donors (Lipinski definition) is 1. The minimum atomic E-state index is -0.330. The molecule has 120 valence electrons. The first kappa shape index (κ1) is 15.5. The molecule has 0 radical (unpaired) electrons. The number of para-hydroxylation sites is 2. The Hall–Kier alpha value is -3.41. The summed E-state index contributed by atoms with van der Waals surface area (Å²) in [6.45, 7) is -0.193. The first-order valence-corrected chi connectivity index (χ1v) is 7.33. The predicted molar refractivity (Wildman–Crippen MR) is 89.5 cm³/mol. The number of anilines is 1. The summed E-state index contributed by atoms with van der Waals surface area (Å²) in [7, 11) is 0. The van der Waals surface area contributed by atoms with Gasteiger partial charge in [-0.15, -0.1) is 0 Å². The van der Waals surface area contributed by atoms with Crippen LogP contribution in [0.3, 0.4) is 0 Å². The van der Waals surface area contributed by atoms with Crippen LogP contribution in [0.5, 0.6) is 5.75 Å². The van der Waals surface area contributed by atoms with Gasteiger partial charge in [-0.1, -0.05) is 30.3 Å². The summed E-state index contributed by atoms with van der Waals surface area (Å²) in [4.78, 5) is 22.9. The van der Waals surface area contributed by atoms with Gasteiger partial charge < -0.3 is 10.1 Å². The average molecular weight is 321 g/mol. The molecule has 0 fully saturated rings. The maximum absolute atomic E-state index is 12.0. The van der Waals surface area contributed by atoms with E-state index in [1.807, 2.05) is 30.3 Å². The van der Waals surface area contributed by atoms with Crippen molar-refractivity contribution in [3.8, 4) is 11.4 Å². The molecule has 0 saturated carbocycles. The normalized spacial score (nSPS) is 10.2. The van der Waals surface area contributed by atoms with Gasteiger partial charge in [-0.3, -0.25) is 9.59 Å². The molecule has 0 bridgehead atoms. The quantitative estimate of drug-likeness (QED) is 0.709. The summed E-state index contributed by atoms with van der Waals surface area (Å²) in [5.74, 6) is 0.0472. The van der Waals surface area contributed by atoms with Crippen LogP contribution in [-0.2, 0) is 4.79 Å². The zero-order chi connectivity index (χ0) is 16.8. The van der Waals surface area contributed by atoms with E-state index in [0.29, 0.717) is 23.3 Å². The molecular formula is C18H15N3O3. The van der Waals surface area contributed by atoms with Crippen molar-refractivity contribution in [2.45, 2.75) is 0 Å². The summed E-state index contributed by atoms with van der Waals surface area (Å²) < 4.78 is 7.05. The number of aldehydes is 1.